The molecule has 2 heterocycles. The van der Waals surface area contributed by atoms with E-state index in [0.717, 1.165) is 31.7 Å². The Hall–Kier alpha value is -1.96. The Bertz CT molecular complexity index is 590. The second kappa shape index (κ2) is 4.86. The van der Waals surface area contributed by atoms with Gasteiger partial charge < -0.3 is 10.1 Å². The third-order valence-electron chi connectivity index (χ3n) is 4.29. The van der Waals surface area contributed by atoms with Crippen LogP contribution in [0.4, 0.5) is 5.69 Å². The zero-order chi connectivity index (χ0) is 13.4. The molecule has 2 aromatic rings. The molecule has 20 heavy (non-hydrogen) atoms. The molecule has 0 amide bonds. The minimum absolute atomic E-state index is 0.858. The first-order valence-electron chi connectivity index (χ1n) is 7.53. The number of fused-ring (bicyclic) bond motifs is 2. The van der Waals surface area contributed by atoms with Crippen LogP contribution >= 0.6 is 0 Å². The van der Waals surface area contributed by atoms with E-state index >= 15 is 0 Å². The highest BCUT2D eigenvalue weighted by Crippen LogP contribution is 2.32. The van der Waals surface area contributed by atoms with Gasteiger partial charge in [0.2, 0.25) is 0 Å². The summed E-state index contributed by atoms with van der Waals surface area (Å²) in [5, 5.41) is 3.47. The number of benzene rings is 2. The van der Waals surface area contributed by atoms with E-state index in [1.165, 1.54) is 40.8 Å². The summed E-state index contributed by atoms with van der Waals surface area (Å²) in [6, 6.07) is 13.4. The summed E-state index contributed by atoms with van der Waals surface area (Å²) in [6.07, 6.45) is 4.68. The van der Waals surface area contributed by atoms with E-state index in [4.69, 9.17) is 4.74 Å². The normalized spacial score (nSPS) is 16.6. The summed E-state index contributed by atoms with van der Waals surface area (Å²) in [6.45, 7) is 1.96. The van der Waals surface area contributed by atoms with Crippen LogP contribution in [0.3, 0.4) is 0 Å². The van der Waals surface area contributed by atoms with Crippen molar-refractivity contribution in [1.82, 2.24) is 0 Å². The lowest BCUT2D eigenvalue weighted by Gasteiger charge is -2.20. The fourth-order valence-corrected chi connectivity index (χ4v) is 3.19. The van der Waals surface area contributed by atoms with Crippen molar-refractivity contribution in [1.29, 1.82) is 0 Å². The fraction of sp³-hybridized carbons (Fsp3) is 0.333. The molecule has 0 fully saturated rings. The Morgan fingerprint density at radius 2 is 1.65 bits per heavy atom. The van der Waals surface area contributed by atoms with Gasteiger partial charge in [0.05, 0.1) is 6.61 Å². The van der Waals surface area contributed by atoms with E-state index in [0.29, 0.717) is 0 Å². The van der Waals surface area contributed by atoms with E-state index in [9.17, 15) is 0 Å². The van der Waals surface area contributed by atoms with Gasteiger partial charge in [-0.1, -0.05) is 12.1 Å². The van der Waals surface area contributed by atoms with Crippen molar-refractivity contribution in [3.8, 4) is 16.9 Å². The van der Waals surface area contributed by atoms with Crippen LogP contribution in [0.15, 0.2) is 36.4 Å². The molecule has 4 rings (SSSR count). The van der Waals surface area contributed by atoms with Crippen LogP contribution in [0.5, 0.6) is 5.75 Å². The fourth-order valence-electron chi connectivity index (χ4n) is 3.19. The number of hydrogen-bond acceptors (Lipinski definition) is 2. The highest BCUT2D eigenvalue weighted by atomic mass is 16.5. The van der Waals surface area contributed by atoms with Gasteiger partial charge in [0.1, 0.15) is 5.75 Å². The quantitative estimate of drug-likeness (QED) is 0.840. The minimum atomic E-state index is 0.858. The van der Waals surface area contributed by atoms with Crippen LogP contribution in [-0.4, -0.2) is 13.2 Å². The van der Waals surface area contributed by atoms with Gasteiger partial charge in [0, 0.05) is 12.2 Å². The maximum Gasteiger partial charge on any atom is 0.122 e. The molecule has 1 N–H and O–H groups in total. The second-order valence-corrected chi connectivity index (χ2v) is 5.68. The summed E-state index contributed by atoms with van der Waals surface area (Å²) in [5.74, 6) is 1.07. The van der Waals surface area contributed by atoms with Crippen LogP contribution < -0.4 is 10.1 Å². The van der Waals surface area contributed by atoms with E-state index in [2.05, 4.69) is 41.7 Å². The Balaban J connectivity index is 1.73. The molecule has 0 radical (unpaired) electrons. The van der Waals surface area contributed by atoms with E-state index in [1.807, 2.05) is 0 Å². The standard InChI is InChI=1S/C18H19NO/c1-3-15-11-13(5-7-17(15)19-9-1)14-6-8-18-16(12-14)4-2-10-20-18/h5-8,11-12,19H,1-4,9-10H2. The molecule has 2 heteroatoms. The molecule has 0 atom stereocenters. The van der Waals surface area contributed by atoms with Gasteiger partial charge in [-0.2, -0.15) is 0 Å². The van der Waals surface area contributed by atoms with Crippen LogP contribution in [0.25, 0.3) is 11.1 Å². The molecule has 102 valence electrons. The molecule has 2 aliphatic rings. The van der Waals surface area contributed by atoms with E-state index < -0.39 is 0 Å². The van der Waals surface area contributed by atoms with Crippen molar-refractivity contribution in [2.24, 2.45) is 0 Å². The van der Waals surface area contributed by atoms with Crippen LogP contribution in [0.2, 0.25) is 0 Å². The molecule has 2 aliphatic heterocycles. The highest BCUT2D eigenvalue weighted by molar-refractivity contribution is 5.70. The highest BCUT2D eigenvalue weighted by Gasteiger charge is 2.13. The van der Waals surface area contributed by atoms with Crippen molar-refractivity contribution in [3.05, 3.63) is 47.5 Å². The summed E-state index contributed by atoms with van der Waals surface area (Å²) in [4.78, 5) is 0. The first-order chi connectivity index (χ1) is 9.90. The molecule has 0 spiro atoms. The minimum Gasteiger partial charge on any atom is -0.493 e. The monoisotopic (exact) mass is 265 g/mol. The maximum absolute atomic E-state index is 5.69. The van der Waals surface area contributed by atoms with Crippen LogP contribution in [-0.2, 0) is 12.8 Å². The van der Waals surface area contributed by atoms with Crippen LogP contribution in [0.1, 0.15) is 24.0 Å². The largest absolute Gasteiger partial charge is 0.493 e. The molecule has 0 aliphatic carbocycles. The number of hydrogen-bond donors (Lipinski definition) is 1. The van der Waals surface area contributed by atoms with Gasteiger partial charge in [-0.25, -0.2) is 0 Å². The first-order valence-corrected chi connectivity index (χ1v) is 7.53. The first kappa shape index (κ1) is 11.8. The Kier molecular flexibility index (Phi) is 2.87. The smallest absolute Gasteiger partial charge is 0.122 e. The average Bonchev–Trinajstić information content (AvgIpc) is 2.54. The predicted octanol–water partition coefficient (Wildman–Crippen LogP) is 4.04. The molecule has 0 aromatic heterocycles. The summed E-state index contributed by atoms with van der Waals surface area (Å²) >= 11 is 0. The van der Waals surface area contributed by atoms with Gasteiger partial charge in [-0.15, -0.1) is 0 Å². The maximum atomic E-state index is 5.69. The van der Waals surface area contributed by atoms with Gasteiger partial charge >= 0.3 is 0 Å². The molecular formula is C18H19NO. The lowest BCUT2D eigenvalue weighted by molar-refractivity contribution is 0.288. The molecule has 0 saturated heterocycles. The van der Waals surface area contributed by atoms with Crippen LogP contribution in [0, 0.1) is 0 Å². The topological polar surface area (TPSA) is 21.3 Å². The third kappa shape index (κ3) is 2.05. The van der Waals surface area contributed by atoms with E-state index in [-0.39, 0.29) is 0 Å². The van der Waals surface area contributed by atoms with Gasteiger partial charge in [-0.05, 0) is 72.2 Å². The Morgan fingerprint density at radius 1 is 0.850 bits per heavy atom. The van der Waals surface area contributed by atoms with Crippen molar-refractivity contribution < 1.29 is 4.74 Å². The number of aryl methyl sites for hydroxylation is 2. The summed E-state index contributed by atoms with van der Waals surface area (Å²) in [5.41, 5.74) is 6.73. The number of nitrogens with one attached hydrogen (secondary N) is 1. The van der Waals surface area contributed by atoms with Crippen molar-refractivity contribution >= 4 is 5.69 Å². The zero-order valence-corrected chi connectivity index (χ0v) is 11.6. The van der Waals surface area contributed by atoms with Crippen molar-refractivity contribution in [2.45, 2.75) is 25.7 Å². The predicted molar refractivity (Wildman–Crippen MR) is 82.5 cm³/mol. The van der Waals surface area contributed by atoms with Gasteiger partial charge in [-0.3, -0.25) is 0 Å². The lowest BCUT2D eigenvalue weighted by Crippen LogP contribution is -2.11. The number of anilines is 1. The molecule has 0 saturated carbocycles. The third-order valence-corrected chi connectivity index (χ3v) is 4.29. The van der Waals surface area contributed by atoms with E-state index in [1.54, 1.807) is 0 Å². The van der Waals surface area contributed by atoms with Crippen molar-refractivity contribution in [2.75, 3.05) is 18.5 Å². The SMILES string of the molecule is c1cc2c(cc1-c1ccc3c(c1)CCCO3)CCCN2. The van der Waals surface area contributed by atoms with Crippen molar-refractivity contribution in [3.63, 3.8) is 0 Å². The zero-order valence-electron chi connectivity index (χ0n) is 11.6. The summed E-state index contributed by atoms with van der Waals surface area (Å²) in [7, 11) is 0. The van der Waals surface area contributed by atoms with Gasteiger partial charge in [0.15, 0.2) is 0 Å². The van der Waals surface area contributed by atoms with Gasteiger partial charge in [0.25, 0.3) is 0 Å². The number of ether oxygens (including phenoxy) is 1. The average molecular weight is 265 g/mol. The lowest BCUT2D eigenvalue weighted by atomic mass is 9.95. The molecular weight excluding hydrogens is 246 g/mol. The molecule has 0 unspecified atom stereocenters. The summed E-state index contributed by atoms with van der Waals surface area (Å²) < 4.78 is 5.69. The Morgan fingerprint density at radius 3 is 2.60 bits per heavy atom. The molecule has 0 bridgehead atoms. The Labute approximate surface area is 119 Å². The molecule has 2 nitrogen and oxygen atoms in total. The second-order valence-electron chi connectivity index (χ2n) is 5.68. The molecule has 2 aromatic carbocycles. The number of rotatable bonds is 1.